The Morgan fingerprint density at radius 2 is 2.15 bits per heavy atom. The number of carbonyl (C=O) groups is 1. The van der Waals surface area contributed by atoms with E-state index in [9.17, 15) is 4.79 Å². The van der Waals surface area contributed by atoms with Gasteiger partial charge in [0.25, 0.3) is 0 Å². The first-order valence-electron chi connectivity index (χ1n) is 7.24. The van der Waals surface area contributed by atoms with Crippen LogP contribution in [0.4, 0.5) is 0 Å². The van der Waals surface area contributed by atoms with Crippen molar-refractivity contribution in [2.75, 3.05) is 13.2 Å². The van der Waals surface area contributed by atoms with Crippen LogP contribution in [0.5, 0.6) is 5.75 Å². The monoisotopic (exact) mass is 279 g/mol. The number of nitrogens with zero attached hydrogens (tertiary/aromatic N) is 1. The molecule has 1 unspecified atom stereocenters. The molecule has 0 saturated heterocycles. The molecular formula is C16H25NO3. The Balaban J connectivity index is 2.66. The molecule has 0 aromatic heterocycles. The zero-order valence-corrected chi connectivity index (χ0v) is 12.6. The van der Waals surface area contributed by atoms with Crippen LogP contribution in [0.1, 0.15) is 39.2 Å². The summed E-state index contributed by atoms with van der Waals surface area (Å²) < 4.78 is 5.62. The van der Waals surface area contributed by atoms with Gasteiger partial charge in [-0.2, -0.15) is 0 Å². The molecule has 0 aliphatic heterocycles. The molecule has 0 amide bonds. The molecule has 1 aromatic carbocycles. The largest absolute Gasteiger partial charge is 0.494 e. The van der Waals surface area contributed by atoms with Crippen molar-refractivity contribution in [2.45, 2.75) is 46.2 Å². The first kappa shape index (κ1) is 16.5. The van der Waals surface area contributed by atoms with Crippen LogP contribution in [-0.2, 0) is 11.3 Å². The molecule has 20 heavy (non-hydrogen) atoms. The number of rotatable bonds is 9. The first-order valence-corrected chi connectivity index (χ1v) is 7.24. The van der Waals surface area contributed by atoms with Crippen molar-refractivity contribution in [1.29, 1.82) is 0 Å². The normalized spacial score (nSPS) is 12.4. The van der Waals surface area contributed by atoms with Crippen LogP contribution in [0.2, 0.25) is 0 Å². The van der Waals surface area contributed by atoms with Crippen LogP contribution in [0.15, 0.2) is 24.3 Å². The molecule has 4 nitrogen and oxygen atoms in total. The summed E-state index contributed by atoms with van der Waals surface area (Å²) in [7, 11) is 0. The molecule has 1 rings (SSSR count). The number of carboxylic acid groups (broad SMARTS) is 1. The summed E-state index contributed by atoms with van der Waals surface area (Å²) >= 11 is 0. The number of benzene rings is 1. The zero-order chi connectivity index (χ0) is 15.0. The fourth-order valence-electron chi connectivity index (χ4n) is 2.15. The zero-order valence-electron chi connectivity index (χ0n) is 12.6. The van der Waals surface area contributed by atoms with Crippen LogP contribution in [-0.4, -0.2) is 35.2 Å². The van der Waals surface area contributed by atoms with E-state index in [1.54, 1.807) is 0 Å². The highest BCUT2D eigenvalue weighted by molar-refractivity contribution is 5.67. The Hall–Kier alpha value is -1.55. The van der Waals surface area contributed by atoms with Gasteiger partial charge >= 0.3 is 5.97 Å². The molecule has 1 N–H and O–H groups in total. The molecule has 4 heteroatoms. The Bertz CT molecular complexity index is 420. The van der Waals surface area contributed by atoms with E-state index in [1.807, 2.05) is 25.1 Å². The van der Waals surface area contributed by atoms with E-state index in [2.05, 4.69) is 24.8 Å². The molecule has 1 aromatic rings. The van der Waals surface area contributed by atoms with Gasteiger partial charge in [0.15, 0.2) is 0 Å². The molecular weight excluding hydrogens is 254 g/mol. The summed E-state index contributed by atoms with van der Waals surface area (Å²) in [5.74, 6) is 0.127. The molecule has 0 saturated carbocycles. The number of ether oxygens (including phenoxy) is 1. The third-order valence-electron chi connectivity index (χ3n) is 3.26. The average molecular weight is 279 g/mol. The lowest BCUT2D eigenvalue weighted by Gasteiger charge is -2.26. The predicted molar refractivity (Wildman–Crippen MR) is 80.0 cm³/mol. The Labute approximate surface area is 121 Å². The van der Waals surface area contributed by atoms with Crippen LogP contribution >= 0.6 is 0 Å². The Morgan fingerprint density at radius 1 is 1.40 bits per heavy atom. The quantitative estimate of drug-likeness (QED) is 0.754. The Kier molecular flexibility index (Phi) is 7.09. The van der Waals surface area contributed by atoms with Crippen molar-refractivity contribution < 1.29 is 14.6 Å². The lowest BCUT2D eigenvalue weighted by Crippen LogP contribution is -2.34. The maximum Gasteiger partial charge on any atom is 0.304 e. The van der Waals surface area contributed by atoms with Gasteiger partial charge < -0.3 is 9.84 Å². The average Bonchev–Trinajstić information content (AvgIpc) is 2.42. The second-order valence-corrected chi connectivity index (χ2v) is 5.01. The molecule has 0 spiro atoms. The molecule has 0 aliphatic rings. The third kappa shape index (κ3) is 5.61. The molecule has 112 valence electrons. The van der Waals surface area contributed by atoms with Gasteiger partial charge in [-0.3, -0.25) is 9.69 Å². The van der Waals surface area contributed by atoms with Crippen molar-refractivity contribution in [3.63, 3.8) is 0 Å². The Morgan fingerprint density at radius 3 is 2.75 bits per heavy atom. The van der Waals surface area contributed by atoms with Crippen LogP contribution in [0.3, 0.4) is 0 Å². The summed E-state index contributed by atoms with van der Waals surface area (Å²) in [6.45, 7) is 8.38. The maximum absolute atomic E-state index is 10.8. The minimum atomic E-state index is -0.754. The molecule has 0 fully saturated rings. The van der Waals surface area contributed by atoms with Crippen molar-refractivity contribution in [3.05, 3.63) is 29.8 Å². The van der Waals surface area contributed by atoms with Gasteiger partial charge in [-0.05, 0) is 37.6 Å². The lowest BCUT2D eigenvalue weighted by atomic mass is 10.1. The second kappa shape index (κ2) is 8.59. The summed E-state index contributed by atoms with van der Waals surface area (Å²) in [6, 6.07) is 8.05. The van der Waals surface area contributed by atoms with Crippen molar-refractivity contribution in [2.24, 2.45) is 0 Å². The second-order valence-electron chi connectivity index (χ2n) is 5.01. The van der Waals surface area contributed by atoms with E-state index in [1.165, 1.54) is 0 Å². The highest BCUT2D eigenvalue weighted by atomic mass is 16.5. The number of hydrogen-bond donors (Lipinski definition) is 1. The van der Waals surface area contributed by atoms with Crippen LogP contribution in [0, 0.1) is 0 Å². The van der Waals surface area contributed by atoms with Gasteiger partial charge in [-0.15, -0.1) is 0 Å². The number of hydrogen-bond acceptors (Lipinski definition) is 3. The summed E-state index contributed by atoms with van der Waals surface area (Å²) in [5, 5.41) is 8.89. The summed E-state index contributed by atoms with van der Waals surface area (Å²) in [6.07, 6.45) is 1.15. The van der Waals surface area contributed by atoms with Crippen LogP contribution < -0.4 is 4.74 Å². The standard InChI is InChI=1S/C16H25NO3/c1-4-9-20-15-8-6-7-14(11-15)12-17(5-2)13(3)10-16(18)19/h6-8,11,13H,4-5,9-10,12H2,1-3H3,(H,18,19). The fraction of sp³-hybridized carbons (Fsp3) is 0.562. The molecule has 0 heterocycles. The maximum atomic E-state index is 10.8. The van der Waals surface area contributed by atoms with E-state index >= 15 is 0 Å². The summed E-state index contributed by atoms with van der Waals surface area (Å²) in [5.41, 5.74) is 1.15. The SMILES string of the molecule is CCCOc1cccc(CN(CC)C(C)CC(=O)O)c1. The number of carboxylic acids is 1. The van der Waals surface area contributed by atoms with Gasteiger partial charge in [-0.25, -0.2) is 0 Å². The smallest absolute Gasteiger partial charge is 0.304 e. The van der Waals surface area contributed by atoms with Gasteiger partial charge in [0, 0.05) is 12.6 Å². The topological polar surface area (TPSA) is 49.8 Å². The van der Waals surface area contributed by atoms with E-state index in [4.69, 9.17) is 9.84 Å². The van der Waals surface area contributed by atoms with Gasteiger partial charge in [-0.1, -0.05) is 26.0 Å². The van der Waals surface area contributed by atoms with E-state index < -0.39 is 5.97 Å². The first-order chi connectivity index (χ1) is 9.56. The summed E-state index contributed by atoms with van der Waals surface area (Å²) in [4.78, 5) is 13.0. The third-order valence-corrected chi connectivity index (χ3v) is 3.26. The fourth-order valence-corrected chi connectivity index (χ4v) is 2.15. The van der Waals surface area contributed by atoms with E-state index in [0.717, 1.165) is 37.4 Å². The molecule has 1 atom stereocenters. The highest BCUT2D eigenvalue weighted by Crippen LogP contribution is 2.17. The minimum Gasteiger partial charge on any atom is -0.494 e. The van der Waals surface area contributed by atoms with Gasteiger partial charge in [0.1, 0.15) is 5.75 Å². The molecule has 0 bridgehead atoms. The van der Waals surface area contributed by atoms with Crippen molar-refractivity contribution in [3.8, 4) is 5.75 Å². The number of aliphatic carboxylic acids is 1. The molecule has 0 radical (unpaired) electrons. The highest BCUT2D eigenvalue weighted by Gasteiger charge is 2.15. The predicted octanol–water partition coefficient (Wildman–Crippen LogP) is 3.16. The van der Waals surface area contributed by atoms with Gasteiger partial charge in [0.05, 0.1) is 13.0 Å². The van der Waals surface area contributed by atoms with Crippen molar-refractivity contribution >= 4 is 5.97 Å². The minimum absolute atomic E-state index is 0.0257. The van der Waals surface area contributed by atoms with Gasteiger partial charge in [0.2, 0.25) is 0 Å². The van der Waals surface area contributed by atoms with Crippen molar-refractivity contribution in [1.82, 2.24) is 4.90 Å². The van der Waals surface area contributed by atoms with Crippen LogP contribution in [0.25, 0.3) is 0 Å². The molecule has 0 aliphatic carbocycles. The van der Waals surface area contributed by atoms with E-state index in [-0.39, 0.29) is 12.5 Å². The lowest BCUT2D eigenvalue weighted by molar-refractivity contribution is -0.138. The van der Waals surface area contributed by atoms with E-state index in [0.29, 0.717) is 0 Å².